The third-order valence-corrected chi connectivity index (χ3v) is 4.61. The summed E-state index contributed by atoms with van der Waals surface area (Å²) in [6, 6.07) is 13.7. The second kappa shape index (κ2) is 10.9. The molecule has 7 heteroatoms. The van der Waals surface area contributed by atoms with Gasteiger partial charge in [0, 0.05) is 19.6 Å². The molecule has 2 atom stereocenters. The van der Waals surface area contributed by atoms with E-state index >= 15 is 0 Å². The summed E-state index contributed by atoms with van der Waals surface area (Å²) >= 11 is 1.15. The molecule has 2 rings (SSSR count). The topological polar surface area (TPSA) is 59.3 Å². The SMILES string of the molecule is CCCCNc1cc(CNCC(C)(F)P)cc(SN)c1Oc1ccccc1. The Balaban J connectivity index is 2.26. The minimum Gasteiger partial charge on any atom is -0.454 e. The van der Waals surface area contributed by atoms with Gasteiger partial charge in [-0.05, 0) is 55.1 Å². The Morgan fingerprint density at radius 2 is 2.00 bits per heavy atom. The highest BCUT2D eigenvalue weighted by molar-refractivity contribution is 7.97. The fraction of sp³-hybridized carbons (Fsp3) is 0.400. The summed E-state index contributed by atoms with van der Waals surface area (Å²) < 4.78 is 19.8. The lowest BCUT2D eigenvalue weighted by atomic mass is 10.1. The number of halogens is 1. The van der Waals surface area contributed by atoms with Crippen molar-refractivity contribution in [3.05, 3.63) is 48.0 Å². The number of nitrogens with two attached hydrogens (primary N) is 1. The van der Waals surface area contributed by atoms with Gasteiger partial charge in [0.25, 0.3) is 0 Å². The third-order valence-electron chi connectivity index (χ3n) is 3.85. The molecule has 2 aromatic carbocycles. The van der Waals surface area contributed by atoms with E-state index in [1.165, 1.54) is 6.92 Å². The molecule has 0 bridgehead atoms. The van der Waals surface area contributed by atoms with Crippen molar-refractivity contribution < 1.29 is 9.13 Å². The van der Waals surface area contributed by atoms with Crippen LogP contribution in [0, 0.1) is 0 Å². The molecule has 0 radical (unpaired) electrons. The smallest absolute Gasteiger partial charge is 0.165 e. The van der Waals surface area contributed by atoms with Crippen LogP contribution >= 0.6 is 21.2 Å². The van der Waals surface area contributed by atoms with Crippen LogP contribution in [0.5, 0.6) is 11.5 Å². The maximum absolute atomic E-state index is 13.7. The number of nitrogens with one attached hydrogen (secondary N) is 2. The highest BCUT2D eigenvalue weighted by Gasteiger charge is 2.16. The third kappa shape index (κ3) is 7.67. The van der Waals surface area contributed by atoms with Gasteiger partial charge in [0.15, 0.2) is 5.75 Å². The molecule has 2 aromatic rings. The van der Waals surface area contributed by atoms with Crippen LogP contribution in [-0.4, -0.2) is 18.5 Å². The minimum atomic E-state index is -1.33. The van der Waals surface area contributed by atoms with E-state index in [4.69, 9.17) is 9.88 Å². The van der Waals surface area contributed by atoms with E-state index in [1.807, 2.05) is 42.5 Å². The standard InChI is InChI=1S/C20H29FN3OPS/c1-3-4-10-24-17-11-15(13-23-14-20(2,21)26)12-18(27-22)19(17)25-16-8-6-5-7-9-16/h5-9,11-12,23-24H,3-4,10,13-14,22,26H2,1-2H3. The van der Waals surface area contributed by atoms with Gasteiger partial charge in [-0.15, -0.1) is 0 Å². The summed E-state index contributed by atoms with van der Waals surface area (Å²) in [6.07, 6.45) is 2.16. The average Bonchev–Trinajstić information content (AvgIpc) is 2.63. The molecular weight excluding hydrogens is 380 g/mol. The Hall–Kier alpha value is -1.33. The molecule has 148 valence electrons. The van der Waals surface area contributed by atoms with Gasteiger partial charge in [-0.2, -0.15) is 0 Å². The number of ether oxygens (including phenoxy) is 1. The number of hydrogen-bond donors (Lipinski definition) is 3. The van der Waals surface area contributed by atoms with Crippen LogP contribution < -0.4 is 20.5 Å². The Morgan fingerprint density at radius 3 is 2.63 bits per heavy atom. The van der Waals surface area contributed by atoms with Gasteiger partial charge in [-0.25, -0.2) is 4.39 Å². The average molecular weight is 410 g/mol. The van der Waals surface area contributed by atoms with E-state index in [0.717, 1.165) is 59.0 Å². The zero-order valence-corrected chi connectivity index (χ0v) is 17.9. The van der Waals surface area contributed by atoms with Crippen LogP contribution in [-0.2, 0) is 6.54 Å². The Kier molecular flexibility index (Phi) is 8.84. The van der Waals surface area contributed by atoms with Crippen LogP contribution in [0.2, 0.25) is 0 Å². The lowest BCUT2D eigenvalue weighted by molar-refractivity contribution is 0.301. The molecule has 0 aliphatic carbocycles. The van der Waals surface area contributed by atoms with Gasteiger partial charge in [-0.1, -0.05) is 40.8 Å². The van der Waals surface area contributed by atoms with Crippen LogP contribution in [0.25, 0.3) is 0 Å². The number of hydrogen-bond acceptors (Lipinski definition) is 5. The largest absolute Gasteiger partial charge is 0.454 e. The number of anilines is 1. The Morgan fingerprint density at radius 1 is 1.26 bits per heavy atom. The fourth-order valence-electron chi connectivity index (χ4n) is 2.54. The molecule has 0 fully saturated rings. The van der Waals surface area contributed by atoms with Crippen molar-refractivity contribution in [2.24, 2.45) is 5.14 Å². The molecular formula is C20H29FN3OPS. The molecule has 0 aliphatic rings. The molecule has 4 nitrogen and oxygen atoms in total. The van der Waals surface area contributed by atoms with Crippen molar-refractivity contribution >= 4 is 26.9 Å². The van der Waals surface area contributed by atoms with E-state index in [-0.39, 0.29) is 6.54 Å². The molecule has 0 saturated heterocycles. The molecule has 0 aliphatic heterocycles. The Bertz CT molecular complexity index is 710. The monoisotopic (exact) mass is 409 g/mol. The van der Waals surface area contributed by atoms with Gasteiger partial charge in [-0.3, -0.25) is 5.14 Å². The van der Waals surface area contributed by atoms with Crippen molar-refractivity contribution in [1.82, 2.24) is 5.32 Å². The van der Waals surface area contributed by atoms with Gasteiger partial charge in [0.2, 0.25) is 0 Å². The van der Waals surface area contributed by atoms with Crippen molar-refractivity contribution in [2.45, 2.75) is 43.5 Å². The zero-order chi connectivity index (χ0) is 19.7. The first kappa shape index (κ1) is 22.0. The quantitative estimate of drug-likeness (QED) is 0.267. The number of benzene rings is 2. The van der Waals surface area contributed by atoms with Crippen molar-refractivity contribution in [3.63, 3.8) is 0 Å². The molecule has 0 spiro atoms. The van der Waals surface area contributed by atoms with Gasteiger partial charge in [0.1, 0.15) is 11.2 Å². The molecule has 0 aromatic heterocycles. The summed E-state index contributed by atoms with van der Waals surface area (Å²) in [5, 5.41) is 11.2. The van der Waals surface area contributed by atoms with Crippen LogP contribution in [0.15, 0.2) is 47.4 Å². The lowest BCUT2D eigenvalue weighted by Gasteiger charge is -2.19. The molecule has 0 saturated carbocycles. The number of alkyl halides is 1. The molecule has 2 unspecified atom stereocenters. The van der Waals surface area contributed by atoms with Gasteiger partial charge >= 0.3 is 0 Å². The van der Waals surface area contributed by atoms with Crippen molar-refractivity contribution in [1.29, 1.82) is 0 Å². The van der Waals surface area contributed by atoms with Crippen molar-refractivity contribution in [2.75, 3.05) is 18.4 Å². The maximum Gasteiger partial charge on any atom is 0.165 e. The predicted octanol–water partition coefficient (Wildman–Crippen LogP) is 5.31. The summed E-state index contributed by atoms with van der Waals surface area (Å²) in [5.41, 5.74) is 1.92. The Labute approximate surface area is 168 Å². The summed E-state index contributed by atoms with van der Waals surface area (Å²) in [5.74, 6) is 1.48. The second-order valence-electron chi connectivity index (χ2n) is 6.67. The second-order valence-corrected chi connectivity index (χ2v) is 8.54. The van der Waals surface area contributed by atoms with Crippen molar-refractivity contribution in [3.8, 4) is 11.5 Å². The molecule has 4 N–H and O–H groups in total. The van der Waals surface area contributed by atoms with E-state index in [9.17, 15) is 4.39 Å². The number of unbranched alkanes of at least 4 members (excludes halogenated alkanes) is 1. The van der Waals surface area contributed by atoms with E-state index in [0.29, 0.717) is 6.54 Å². The normalized spacial score (nSPS) is 13.2. The highest BCUT2D eigenvalue weighted by atomic mass is 32.2. The molecule has 0 heterocycles. The minimum absolute atomic E-state index is 0.254. The first-order valence-electron chi connectivity index (χ1n) is 9.12. The van der Waals surface area contributed by atoms with E-state index in [2.05, 4.69) is 26.8 Å². The lowest BCUT2D eigenvalue weighted by Crippen LogP contribution is -2.28. The number of rotatable bonds is 11. The van der Waals surface area contributed by atoms with E-state index < -0.39 is 5.41 Å². The van der Waals surface area contributed by atoms with Crippen LogP contribution in [0.4, 0.5) is 10.1 Å². The first-order valence-corrected chi connectivity index (χ1v) is 10.6. The highest BCUT2D eigenvalue weighted by Crippen LogP contribution is 2.38. The van der Waals surface area contributed by atoms with Crippen LogP contribution in [0.3, 0.4) is 0 Å². The van der Waals surface area contributed by atoms with Crippen LogP contribution in [0.1, 0.15) is 32.3 Å². The predicted molar refractivity (Wildman–Crippen MR) is 117 cm³/mol. The summed E-state index contributed by atoms with van der Waals surface area (Å²) in [4.78, 5) is 0.839. The summed E-state index contributed by atoms with van der Waals surface area (Å²) in [6.45, 7) is 5.34. The maximum atomic E-state index is 13.7. The van der Waals surface area contributed by atoms with Gasteiger partial charge < -0.3 is 15.4 Å². The van der Waals surface area contributed by atoms with Gasteiger partial charge in [0.05, 0.1) is 10.6 Å². The molecule has 27 heavy (non-hydrogen) atoms. The van der Waals surface area contributed by atoms with E-state index in [1.54, 1.807) is 0 Å². The zero-order valence-electron chi connectivity index (χ0n) is 15.9. The first-order chi connectivity index (χ1) is 12.9. The molecule has 0 amide bonds. The number of para-hydroxylation sites is 1. The fourth-order valence-corrected chi connectivity index (χ4v) is 3.17. The summed E-state index contributed by atoms with van der Waals surface area (Å²) in [7, 11) is 2.20.